The molecule has 2 N–H and O–H groups in total. The maximum Gasteiger partial charge on any atom is 0.253 e. The number of hydrogen-bond acceptors (Lipinski definition) is 3. The first-order valence-electron chi connectivity index (χ1n) is 5.60. The van der Waals surface area contributed by atoms with Crippen molar-refractivity contribution in [2.75, 3.05) is 19.8 Å². The van der Waals surface area contributed by atoms with Gasteiger partial charge in [0.05, 0.1) is 23.8 Å². The van der Waals surface area contributed by atoms with Gasteiger partial charge in [0.1, 0.15) is 5.75 Å². The number of phenols is 1. The van der Waals surface area contributed by atoms with Crippen LogP contribution >= 0.6 is 11.6 Å². The first kappa shape index (κ1) is 14.5. The summed E-state index contributed by atoms with van der Waals surface area (Å²) >= 11 is 5.86. The first-order valence-corrected chi connectivity index (χ1v) is 5.98. The van der Waals surface area contributed by atoms with Crippen LogP contribution in [-0.4, -0.2) is 30.8 Å². The molecular formula is C13H16ClNO3. The Bertz CT molecular complexity index is 421. The Kier molecular flexibility index (Phi) is 6.25. The Balaban J connectivity index is 2.36. The van der Waals surface area contributed by atoms with Gasteiger partial charge in [0.2, 0.25) is 0 Å². The average molecular weight is 270 g/mol. The van der Waals surface area contributed by atoms with Crippen LogP contribution in [0, 0.1) is 0 Å². The van der Waals surface area contributed by atoms with Crippen molar-refractivity contribution in [1.29, 1.82) is 0 Å². The van der Waals surface area contributed by atoms with Gasteiger partial charge in [-0.05, 0) is 24.6 Å². The van der Waals surface area contributed by atoms with Crippen LogP contribution in [0.2, 0.25) is 5.02 Å². The minimum Gasteiger partial charge on any atom is -0.508 e. The van der Waals surface area contributed by atoms with Gasteiger partial charge < -0.3 is 15.2 Å². The van der Waals surface area contributed by atoms with Crippen LogP contribution in [0.1, 0.15) is 16.8 Å². The zero-order valence-electron chi connectivity index (χ0n) is 9.99. The number of rotatable bonds is 7. The smallest absolute Gasteiger partial charge is 0.253 e. The molecule has 5 heteroatoms. The summed E-state index contributed by atoms with van der Waals surface area (Å²) in [6.07, 6.45) is 2.55. The quantitative estimate of drug-likeness (QED) is 0.590. The summed E-state index contributed by atoms with van der Waals surface area (Å²) in [6.45, 7) is 4.98. The van der Waals surface area contributed by atoms with Crippen molar-refractivity contribution in [3.05, 3.63) is 41.4 Å². The SMILES string of the molecule is C=CCCOCCNC(=O)c1cc(O)ccc1Cl. The second-order valence-corrected chi connectivity index (χ2v) is 4.02. The number of amides is 1. The monoisotopic (exact) mass is 269 g/mol. The summed E-state index contributed by atoms with van der Waals surface area (Å²) in [5.41, 5.74) is 0.253. The van der Waals surface area contributed by atoms with Crippen LogP contribution < -0.4 is 5.32 Å². The molecule has 0 aromatic heterocycles. The standard InChI is InChI=1S/C13H16ClNO3/c1-2-3-7-18-8-6-15-13(17)11-9-10(16)4-5-12(11)14/h2,4-5,9,16H,1,3,6-8H2,(H,15,17). The van der Waals surface area contributed by atoms with Gasteiger partial charge in [-0.2, -0.15) is 0 Å². The lowest BCUT2D eigenvalue weighted by Crippen LogP contribution is -2.27. The third-order valence-electron chi connectivity index (χ3n) is 2.19. The highest BCUT2D eigenvalue weighted by molar-refractivity contribution is 6.33. The molecule has 0 heterocycles. The predicted octanol–water partition coefficient (Wildman–Crippen LogP) is 2.37. The highest BCUT2D eigenvalue weighted by Gasteiger charge is 2.10. The Morgan fingerprint density at radius 2 is 2.28 bits per heavy atom. The Morgan fingerprint density at radius 1 is 1.50 bits per heavy atom. The Hall–Kier alpha value is -1.52. The molecule has 1 aromatic carbocycles. The Morgan fingerprint density at radius 3 is 3.00 bits per heavy atom. The number of phenolic OH excluding ortho intramolecular Hbond substituents is 1. The molecule has 1 aromatic rings. The van der Waals surface area contributed by atoms with Crippen molar-refractivity contribution >= 4 is 17.5 Å². The van der Waals surface area contributed by atoms with Crippen molar-refractivity contribution < 1.29 is 14.6 Å². The summed E-state index contributed by atoms with van der Waals surface area (Å²) in [7, 11) is 0. The van der Waals surface area contributed by atoms with E-state index in [9.17, 15) is 9.90 Å². The number of benzene rings is 1. The van der Waals surface area contributed by atoms with Gasteiger partial charge in [-0.1, -0.05) is 17.7 Å². The highest BCUT2D eigenvalue weighted by atomic mass is 35.5. The number of nitrogens with one attached hydrogen (secondary N) is 1. The van der Waals surface area contributed by atoms with E-state index >= 15 is 0 Å². The third kappa shape index (κ3) is 4.77. The van der Waals surface area contributed by atoms with Crippen molar-refractivity contribution in [3.63, 3.8) is 0 Å². The highest BCUT2D eigenvalue weighted by Crippen LogP contribution is 2.20. The molecule has 18 heavy (non-hydrogen) atoms. The second-order valence-electron chi connectivity index (χ2n) is 3.61. The lowest BCUT2D eigenvalue weighted by Gasteiger charge is -2.07. The van der Waals surface area contributed by atoms with E-state index in [1.807, 2.05) is 0 Å². The van der Waals surface area contributed by atoms with Crippen molar-refractivity contribution in [3.8, 4) is 5.75 Å². The molecule has 0 fully saturated rings. The van der Waals surface area contributed by atoms with Crippen LogP contribution in [0.25, 0.3) is 0 Å². The summed E-state index contributed by atoms with van der Waals surface area (Å²) < 4.78 is 5.25. The topological polar surface area (TPSA) is 58.6 Å². The summed E-state index contributed by atoms with van der Waals surface area (Å²) in [6, 6.07) is 4.24. The average Bonchev–Trinajstić information content (AvgIpc) is 2.36. The number of halogens is 1. The van der Waals surface area contributed by atoms with E-state index in [0.717, 1.165) is 6.42 Å². The van der Waals surface area contributed by atoms with Gasteiger partial charge in [0.15, 0.2) is 0 Å². The van der Waals surface area contributed by atoms with E-state index in [1.165, 1.54) is 18.2 Å². The molecule has 0 saturated carbocycles. The molecule has 0 aliphatic carbocycles. The fourth-order valence-electron chi connectivity index (χ4n) is 1.29. The molecule has 1 rings (SSSR count). The van der Waals surface area contributed by atoms with Crippen LogP contribution in [0.15, 0.2) is 30.9 Å². The molecule has 0 aliphatic heterocycles. The fourth-order valence-corrected chi connectivity index (χ4v) is 1.49. The van der Waals surface area contributed by atoms with Gasteiger partial charge in [-0.25, -0.2) is 0 Å². The van der Waals surface area contributed by atoms with E-state index in [4.69, 9.17) is 16.3 Å². The largest absolute Gasteiger partial charge is 0.508 e. The molecule has 0 unspecified atom stereocenters. The van der Waals surface area contributed by atoms with E-state index in [1.54, 1.807) is 6.08 Å². The maximum atomic E-state index is 11.7. The van der Waals surface area contributed by atoms with Gasteiger partial charge >= 0.3 is 0 Å². The van der Waals surface area contributed by atoms with E-state index in [2.05, 4.69) is 11.9 Å². The molecular weight excluding hydrogens is 254 g/mol. The maximum absolute atomic E-state index is 11.7. The number of hydrogen-bond donors (Lipinski definition) is 2. The van der Waals surface area contributed by atoms with E-state index in [0.29, 0.717) is 24.8 Å². The Labute approximate surface area is 111 Å². The fraction of sp³-hybridized carbons (Fsp3) is 0.308. The minimum atomic E-state index is -0.330. The number of carbonyl (C=O) groups is 1. The van der Waals surface area contributed by atoms with Gasteiger partial charge in [0.25, 0.3) is 5.91 Å². The van der Waals surface area contributed by atoms with Gasteiger partial charge in [0, 0.05) is 6.54 Å². The normalized spacial score (nSPS) is 10.1. The lowest BCUT2D eigenvalue weighted by atomic mass is 10.2. The van der Waals surface area contributed by atoms with Crippen LogP contribution in [0.3, 0.4) is 0 Å². The predicted molar refractivity (Wildman–Crippen MR) is 71.1 cm³/mol. The lowest BCUT2D eigenvalue weighted by molar-refractivity contribution is 0.0917. The van der Waals surface area contributed by atoms with E-state index in [-0.39, 0.29) is 17.2 Å². The zero-order chi connectivity index (χ0) is 13.4. The van der Waals surface area contributed by atoms with Crippen molar-refractivity contribution in [2.24, 2.45) is 0 Å². The summed E-state index contributed by atoms with van der Waals surface area (Å²) in [5.74, 6) is -0.324. The third-order valence-corrected chi connectivity index (χ3v) is 2.52. The molecule has 0 bridgehead atoms. The van der Waals surface area contributed by atoms with E-state index < -0.39 is 0 Å². The first-order chi connectivity index (χ1) is 8.65. The van der Waals surface area contributed by atoms with Gasteiger partial charge in [-0.3, -0.25) is 4.79 Å². The molecule has 0 saturated heterocycles. The van der Waals surface area contributed by atoms with Crippen molar-refractivity contribution in [1.82, 2.24) is 5.32 Å². The number of aromatic hydroxyl groups is 1. The number of carbonyl (C=O) groups excluding carboxylic acids is 1. The molecule has 0 spiro atoms. The van der Waals surface area contributed by atoms with Crippen LogP contribution in [-0.2, 0) is 4.74 Å². The minimum absolute atomic E-state index is 0.00628. The van der Waals surface area contributed by atoms with Crippen LogP contribution in [0.4, 0.5) is 0 Å². The molecule has 4 nitrogen and oxygen atoms in total. The second kappa shape index (κ2) is 7.74. The van der Waals surface area contributed by atoms with Gasteiger partial charge in [-0.15, -0.1) is 6.58 Å². The summed E-state index contributed by atoms with van der Waals surface area (Å²) in [4.78, 5) is 11.7. The summed E-state index contributed by atoms with van der Waals surface area (Å²) in [5, 5.41) is 12.2. The molecule has 98 valence electrons. The molecule has 1 amide bonds. The zero-order valence-corrected chi connectivity index (χ0v) is 10.7. The molecule has 0 atom stereocenters. The molecule has 0 radical (unpaired) electrons. The van der Waals surface area contributed by atoms with Crippen molar-refractivity contribution in [2.45, 2.75) is 6.42 Å². The number of ether oxygens (including phenoxy) is 1. The molecule has 0 aliphatic rings. The van der Waals surface area contributed by atoms with Crippen LogP contribution in [0.5, 0.6) is 5.75 Å².